The highest BCUT2D eigenvalue weighted by molar-refractivity contribution is 6.30. The summed E-state index contributed by atoms with van der Waals surface area (Å²) in [6.45, 7) is 7.33. The van der Waals surface area contributed by atoms with Crippen LogP contribution in [0, 0.1) is 11.8 Å². The molecule has 24 heavy (non-hydrogen) atoms. The zero-order valence-corrected chi connectivity index (χ0v) is 15.0. The summed E-state index contributed by atoms with van der Waals surface area (Å²) in [7, 11) is 0. The zero-order chi connectivity index (χ0) is 16.7. The fourth-order valence-electron chi connectivity index (χ4n) is 3.85. The van der Waals surface area contributed by atoms with Gasteiger partial charge in [-0.25, -0.2) is 4.98 Å². The van der Waals surface area contributed by atoms with Crippen LogP contribution in [0.3, 0.4) is 0 Å². The topological polar surface area (TPSA) is 57.7 Å². The maximum absolute atomic E-state index is 6.07. The summed E-state index contributed by atoms with van der Waals surface area (Å²) in [4.78, 5) is 11.5. The minimum Gasteiger partial charge on any atom is -0.298 e. The van der Waals surface area contributed by atoms with E-state index in [1.807, 2.05) is 12.3 Å². The van der Waals surface area contributed by atoms with E-state index in [1.165, 1.54) is 18.4 Å². The second-order valence-corrected chi connectivity index (χ2v) is 7.98. The van der Waals surface area contributed by atoms with Crippen LogP contribution in [0.1, 0.15) is 55.7 Å². The van der Waals surface area contributed by atoms with Gasteiger partial charge in [0.05, 0.1) is 5.02 Å². The summed E-state index contributed by atoms with van der Waals surface area (Å²) < 4.78 is 0. The molecule has 0 radical (unpaired) electrons. The van der Waals surface area contributed by atoms with Crippen molar-refractivity contribution in [1.29, 1.82) is 0 Å². The fourth-order valence-corrected chi connectivity index (χ4v) is 4.04. The van der Waals surface area contributed by atoms with Gasteiger partial charge in [-0.1, -0.05) is 25.4 Å². The summed E-state index contributed by atoms with van der Waals surface area (Å²) in [6, 6.07) is 2.01. The van der Waals surface area contributed by atoms with Crippen molar-refractivity contribution in [3.63, 3.8) is 0 Å². The van der Waals surface area contributed by atoms with E-state index in [4.69, 9.17) is 16.6 Å². The third-order valence-corrected chi connectivity index (χ3v) is 5.43. The van der Waals surface area contributed by atoms with Crippen molar-refractivity contribution in [3.8, 4) is 0 Å². The Morgan fingerprint density at radius 1 is 1.29 bits per heavy atom. The summed E-state index contributed by atoms with van der Waals surface area (Å²) in [6.07, 6.45) is 6.32. The molecular formula is C18H24ClN5. The van der Waals surface area contributed by atoms with Crippen LogP contribution < -0.4 is 0 Å². The standard InChI is InChI=1S/C18H24ClN5/c1-11(2)17-21-18(23-22-17)16-10-24(9-15(16)13-3-4-13)8-12-5-14(19)7-20-6-12/h5-7,11,13,15-16H,3-4,8-10H2,1-2H3,(H,21,22,23)/t15-,16+/m1/s1. The zero-order valence-electron chi connectivity index (χ0n) is 14.2. The number of aromatic amines is 1. The van der Waals surface area contributed by atoms with E-state index in [0.29, 0.717) is 22.8 Å². The molecule has 2 aromatic heterocycles. The minimum absolute atomic E-state index is 0.365. The molecule has 4 rings (SSSR count). The van der Waals surface area contributed by atoms with Crippen LogP contribution in [-0.4, -0.2) is 38.2 Å². The van der Waals surface area contributed by atoms with Crippen LogP contribution in [-0.2, 0) is 6.54 Å². The van der Waals surface area contributed by atoms with Gasteiger partial charge in [-0.05, 0) is 36.3 Å². The summed E-state index contributed by atoms with van der Waals surface area (Å²) in [5, 5.41) is 8.33. The number of halogens is 1. The smallest absolute Gasteiger partial charge is 0.153 e. The van der Waals surface area contributed by atoms with Gasteiger partial charge in [0.25, 0.3) is 0 Å². The SMILES string of the molecule is CC(C)c1n[nH]c([C@H]2CN(Cc3cncc(Cl)c3)C[C@@H]2C2CC2)n1. The fraction of sp³-hybridized carbons (Fsp3) is 0.611. The molecule has 0 bridgehead atoms. The Bertz CT molecular complexity index is 709. The van der Waals surface area contributed by atoms with Crippen LogP contribution >= 0.6 is 11.6 Å². The molecule has 0 spiro atoms. The van der Waals surface area contributed by atoms with Crippen LogP contribution in [0.2, 0.25) is 5.02 Å². The van der Waals surface area contributed by atoms with Crippen molar-refractivity contribution >= 4 is 11.6 Å². The molecule has 1 saturated carbocycles. The van der Waals surface area contributed by atoms with Crippen LogP contribution in [0.5, 0.6) is 0 Å². The van der Waals surface area contributed by atoms with E-state index in [9.17, 15) is 0 Å². The average molecular weight is 346 g/mol. The number of aromatic nitrogens is 4. The molecule has 128 valence electrons. The van der Waals surface area contributed by atoms with Gasteiger partial charge in [0.2, 0.25) is 0 Å². The lowest BCUT2D eigenvalue weighted by molar-refractivity contribution is 0.309. The van der Waals surface area contributed by atoms with Gasteiger partial charge < -0.3 is 0 Å². The number of hydrogen-bond donors (Lipinski definition) is 1. The predicted molar refractivity (Wildman–Crippen MR) is 94.0 cm³/mol. The van der Waals surface area contributed by atoms with Crippen LogP contribution in [0.15, 0.2) is 18.5 Å². The molecule has 0 aromatic carbocycles. The van der Waals surface area contributed by atoms with E-state index < -0.39 is 0 Å². The van der Waals surface area contributed by atoms with E-state index in [1.54, 1.807) is 6.20 Å². The molecule has 1 N–H and O–H groups in total. The van der Waals surface area contributed by atoms with Gasteiger partial charge >= 0.3 is 0 Å². The number of nitrogens with zero attached hydrogens (tertiary/aromatic N) is 4. The van der Waals surface area contributed by atoms with Crippen molar-refractivity contribution in [2.45, 2.75) is 45.1 Å². The molecule has 3 heterocycles. The van der Waals surface area contributed by atoms with Crippen molar-refractivity contribution in [2.75, 3.05) is 13.1 Å². The third kappa shape index (κ3) is 3.33. The minimum atomic E-state index is 0.365. The molecule has 2 fully saturated rings. The van der Waals surface area contributed by atoms with Crippen molar-refractivity contribution in [2.24, 2.45) is 11.8 Å². The third-order valence-electron chi connectivity index (χ3n) is 5.22. The van der Waals surface area contributed by atoms with E-state index in [-0.39, 0.29) is 0 Å². The highest BCUT2D eigenvalue weighted by Gasteiger charge is 2.44. The molecule has 0 unspecified atom stereocenters. The van der Waals surface area contributed by atoms with Gasteiger partial charge in [-0.3, -0.25) is 15.0 Å². The molecule has 2 atom stereocenters. The Morgan fingerprint density at radius 2 is 2.12 bits per heavy atom. The normalized spacial score (nSPS) is 24.8. The lowest BCUT2D eigenvalue weighted by atomic mass is 9.91. The molecule has 2 aliphatic rings. The highest BCUT2D eigenvalue weighted by Crippen LogP contribution is 2.47. The molecule has 5 nitrogen and oxygen atoms in total. The monoisotopic (exact) mass is 345 g/mol. The Labute approximate surface area is 147 Å². The number of hydrogen-bond acceptors (Lipinski definition) is 4. The molecule has 1 saturated heterocycles. The Balaban J connectivity index is 1.51. The summed E-state index contributed by atoms with van der Waals surface area (Å²) >= 11 is 6.07. The van der Waals surface area contributed by atoms with Crippen molar-refractivity contribution in [1.82, 2.24) is 25.1 Å². The highest BCUT2D eigenvalue weighted by atomic mass is 35.5. The molecule has 1 aliphatic carbocycles. The number of H-pyrrole nitrogens is 1. The maximum atomic E-state index is 6.07. The Kier molecular flexibility index (Phi) is 4.31. The lowest BCUT2D eigenvalue weighted by Crippen LogP contribution is -2.20. The van der Waals surface area contributed by atoms with Gasteiger partial charge in [0, 0.05) is 43.9 Å². The first kappa shape index (κ1) is 16.0. The van der Waals surface area contributed by atoms with Gasteiger partial charge in [-0.2, -0.15) is 5.10 Å². The molecule has 2 aromatic rings. The van der Waals surface area contributed by atoms with E-state index in [0.717, 1.165) is 37.2 Å². The Hall–Kier alpha value is -1.46. The second-order valence-electron chi connectivity index (χ2n) is 7.55. The largest absolute Gasteiger partial charge is 0.298 e. The second kappa shape index (κ2) is 6.45. The first-order chi connectivity index (χ1) is 11.6. The first-order valence-electron chi connectivity index (χ1n) is 8.84. The van der Waals surface area contributed by atoms with Crippen LogP contribution in [0.25, 0.3) is 0 Å². The van der Waals surface area contributed by atoms with Gasteiger partial charge in [0.1, 0.15) is 5.82 Å². The van der Waals surface area contributed by atoms with Crippen LogP contribution in [0.4, 0.5) is 0 Å². The van der Waals surface area contributed by atoms with Gasteiger partial charge in [-0.15, -0.1) is 0 Å². The predicted octanol–water partition coefficient (Wildman–Crippen LogP) is 3.60. The number of likely N-dealkylation sites (tertiary alicyclic amines) is 1. The quantitative estimate of drug-likeness (QED) is 0.899. The van der Waals surface area contributed by atoms with E-state index >= 15 is 0 Å². The van der Waals surface area contributed by atoms with Crippen molar-refractivity contribution in [3.05, 3.63) is 40.7 Å². The summed E-state index contributed by atoms with van der Waals surface area (Å²) in [5.41, 5.74) is 1.18. The van der Waals surface area contributed by atoms with Gasteiger partial charge in [0.15, 0.2) is 5.82 Å². The summed E-state index contributed by atoms with van der Waals surface area (Å²) in [5.74, 6) is 4.36. The average Bonchev–Trinajstić information content (AvgIpc) is 3.11. The number of pyridine rings is 1. The molecular weight excluding hydrogens is 322 g/mol. The van der Waals surface area contributed by atoms with E-state index in [2.05, 4.69) is 33.9 Å². The molecule has 0 amide bonds. The molecule has 6 heteroatoms. The Morgan fingerprint density at radius 3 is 2.79 bits per heavy atom. The van der Waals surface area contributed by atoms with Crippen molar-refractivity contribution < 1.29 is 0 Å². The maximum Gasteiger partial charge on any atom is 0.153 e. The molecule has 1 aliphatic heterocycles. The number of rotatable bonds is 5. The number of nitrogens with one attached hydrogen (secondary N) is 1. The lowest BCUT2D eigenvalue weighted by Gasteiger charge is -2.15. The first-order valence-corrected chi connectivity index (χ1v) is 9.22.